The highest BCUT2D eigenvalue weighted by Gasteiger charge is 2.30. The SMILES string of the molecule is CCOP(=O)(CCN(CCO)CCP(=O)(OCC)OCC)OCC.CCOP(=O)(CCN(CCn1cnc2c(Cl)ncnc21)CCP(C)(=O)O)OCC.CCOP(C)(=O)CCN(CCn1cnc2c(=O)[nH]cnc21)CCP(=O)(O)OCC.O=c1[nH]cnc2c1ncn2CCN(CCP(=O)(O)O)CCP(=O)(O)O. The van der Waals surface area contributed by atoms with E-state index in [0.29, 0.717) is 147 Å². The molecule has 0 spiro atoms. The minimum atomic E-state index is -4.23. The van der Waals surface area contributed by atoms with E-state index in [1.54, 1.807) is 77.5 Å². The Labute approximate surface area is 627 Å². The second kappa shape index (κ2) is 48.6. The summed E-state index contributed by atoms with van der Waals surface area (Å²) >= 11 is 6.04. The Morgan fingerprint density at radius 3 is 1.06 bits per heavy atom. The molecule has 0 aliphatic carbocycles. The molecular formula is C57H109ClN16O25P8. The fraction of sp³-hybridized carbons (Fsp3) is 0.737. The lowest BCUT2D eigenvalue weighted by Gasteiger charge is -2.26. The normalized spacial score (nSPS) is 14.3. The molecule has 0 aromatic carbocycles. The maximum atomic E-state index is 12.7. The van der Waals surface area contributed by atoms with Gasteiger partial charge in [-0.05, 0) is 55.4 Å². The van der Waals surface area contributed by atoms with Gasteiger partial charge in [-0.15, -0.1) is 0 Å². The molecule has 0 aliphatic rings. The third-order valence-corrected chi connectivity index (χ3v) is 27.4. The van der Waals surface area contributed by atoms with Crippen molar-refractivity contribution in [2.75, 3.05) is 201 Å². The lowest BCUT2D eigenvalue weighted by Crippen LogP contribution is -2.33. The summed E-state index contributed by atoms with van der Waals surface area (Å²) in [7, 11) is -27.5. The van der Waals surface area contributed by atoms with Crippen LogP contribution >= 0.6 is 71.9 Å². The molecular weight excluding hydrogens is 1590 g/mol. The number of fused-ring (bicyclic) bond motifs is 3. The monoisotopic (exact) mass is 1700 g/mol. The number of halogens is 1. The van der Waals surface area contributed by atoms with Crippen LogP contribution in [0.3, 0.4) is 0 Å². The van der Waals surface area contributed by atoms with Crippen LogP contribution in [0.4, 0.5) is 0 Å². The Hall–Kier alpha value is -3.38. The third-order valence-electron chi connectivity index (χ3n) is 15.1. The molecule has 6 heterocycles. The van der Waals surface area contributed by atoms with Crippen molar-refractivity contribution < 1.29 is 107 Å². The van der Waals surface area contributed by atoms with Crippen molar-refractivity contribution in [1.29, 1.82) is 0 Å². The van der Waals surface area contributed by atoms with Gasteiger partial charge in [0.1, 0.15) is 11.8 Å². The van der Waals surface area contributed by atoms with Gasteiger partial charge in [-0.3, -0.25) is 51.0 Å². The predicted octanol–water partition coefficient (Wildman–Crippen LogP) is 6.13. The van der Waals surface area contributed by atoms with E-state index in [-0.39, 0.29) is 97.5 Å². The van der Waals surface area contributed by atoms with Crippen LogP contribution in [0.2, 0.25) is 5.15 Å². The number of aliphatic hydroxyl groups excluding tert-OH is 1. The second-order valence-electron chi connectivity index (χ2n) is 23.5. The fourth-order valence-electron chi connectivity index (χ4n) is 9.89. The molecule has 9 N–H and O–H groups in total. The van der Waals surface area contributed by atoms with Crippen molar-refractivity contribution >= 4 is 105 Å². The van der Waals surface area contributed by atoms with E-state index in [0.717, 1.165) is 0 Å². The van der Waals surface area contributed by atoms with Crippen LogP contribution in [0.1, 0.15) is 55.4 Å². The maximum absolute atomic E-state index is 12.7. The highest BCUT2D eigenvalue weighted by Crippen LogP contribution is 2.50. The van der Waals surface area contributed by atoms with Crippen molar-refractivity contribution in [2.24, 2.45) is 0 Å². The van der Waals surface area contributed by atoms with Gasteiger partial charge in [0.2, 0.25) is 7.37 Å². The highest BCUT2D eigenvalue weighted by atomic mass is 35.5. The van der Waals surface area contributed by atoms with Gasteiger partial charge >= 0.3 is 45.6 Å². The molecule has 0 amide bonds. The van der Waals surface area contributed by atoms with Crippen LogP contribution in [0.15, 0.2) is 47.6 Å². The number of aromatic amines is 2. The molecule has 107 heavy (non-hydrogen) atoms. The van der Waals surface area contributed by atoms with Crippen LogP contribution in [0.25, 0.3) is 33.5 Å². The van der Waals surface area contributed by atoms with E-state index < -0.39 is 72.6 Å². The first-order valence-corrected chi connectivity index (χ1v) is 50.0. The molecule has 3 unspecified atom stereocenters. The molecule has 50 heteroatoms. The lowest BCUT2D eigenvalue weighted by molar-refractivity contribution is 0.186. The Balaban J connectivity index is 0.000000372. The van der Waals surface area contributed by atoms with E-state index in [4.69, 9.17) is 67.4 Å². The van der Waals surface area contributed by atoms with Crippen LogP contribution < -0.4 is 11.1 Å². The number of H-pyrrole nitrogens is 2. The topological polar surface area (TPSA) is 536 Å². The Morgan fingerprint density at radius 1 is 0.393 bits per heavy atom. The van der Waals surface area contributed by atoms with E-state index in [1.165, 1.54) is 43.2 Å². The number of nitrogens with one attached hydrogen (secondary N) is 2. The summed E-state index contributed by atoms with van der Waals surface area (Å²) in [5.74, 6) is 0. The van der Waals surface area contributed by atoms with Crippen molar-refractivity contribution in [1.82, 2.24) is 78.2 Å². The molecule has 6 aromatic heterocycles. The van der Waals surface area contributed by atoms with Gasteiger partial charge in [-0.2, -0.15) is 0 Å². The minimum Gasteiger partial charge on any atom is -0.395 e. The zero-order valence-electron chi connectivity index (χ0n) is 62.3. The van der Waals surface area contributed by atoms with Gasteiger partial charge in [0.25, 0.3) is 11.1 Å². The molecule has 6 rings (SSSR count). The molecule has 41 nitrogen and oxygen atoms in total. The number of imidazole rings is 3. The van der Waals surface area contributed by atoms with Crippen LogP contribution in [-0.2, 0) is 92.3 Å². The van der Waals surface area contributed by atoms with Gasteiger partial charge in [-0.1, -0.05) is 11.6 Å². The lowest BCUT2D eigenvalue weighted by atomic mass is 10.4. The second-order valence-corrected chi connectivity index (χ2v) is 41.3. The first-order valence-electron chi connectivity index (χ1n) is 34.6. The first-order chi connectivity index (χ1) is 50.3. The van der Waals surface area contributed by atoms with Crippen molar-refractivity contribution in [3.63, 3.8) is 0 Å². The average molecular weight is 1700 g/mol. The molecule has 6 aromatic rings. The van der Waals surface area contributed by atoms with E-state index in [2.05, 4.69) is 44.9 Å². The van der Waals surface area contributed by atoms with Crippen LogP contribution in [0.5, 0.6) is 0 Å². The van der Waals surface area contributed by atoms with Gasteiger partial charge in [-0.25, -0.2) is 34.9 Å². The molecule has 0 radical (unpaired) electrons. The number of aliphatic hydroxyl groups is 1. The Morgan fingerprint density at radius 2 is 0.710 bits per heavy atom. The summed E-state index contributed by atoms with van der Waals surface area (Å²) in [6, 6.07) is 0. The quantitative estimate of drug-likeness (QED) is 0.0153. The average Bonchev–Trinajstić information content (AvgIpc) is 1.69. The summed E-state index contributed by atoms with van der Waals surface area (Å²) in [6.07, 6.45) is 8.72. The molecule has 0 bridgehead atoms. The Bertz CT molecular complexity index is 4000. The van der Waals surface area contributed by atoms with Gasteiger partial charge in [0.05, 0.1) is 128 Å². The van der Waals surface area contributed by atoms with Crippen molar-refractivity contribution in [3.05, 3.63) is 63.8 Å². The first kappa shape index (κ1) is 97.8. The van der Waals surface area contributed by atoms with E-state index >= 15 is 0 Å². The smallest absolute Gasteiger partial charge is 0.331 e. The highest BCUT2D eigenvalue weighted by molar-refractivity contribution is 7.58. The standard InChI is InChI=1S/C16H28ClN5O5P2.C16H29N5O6P2.C14H33NO7P2.C11H19N5O7P2/c1-4-26-29(25,27-5-2)11-9-21(8-10-28(3,23)24)6-7-22-13-20-14-15(17)18-12-19-16(14)22;1-4-26-28(3,23)10-8-20(9-11-29(24,25)27-5-2)6-7-21-13-19-14-15(21)17-12-18-16(14)22;1-5-19-23(17,20-6-2)13-10-15(9-12-16)11-14-24(18,21-7-3)22-8-4;17-11-9-10(12-7-13-11)16(8-14-9)2-1-15(3-5-24(18,19)20)4-6-25(21,22)23/h12-13H,4-11H2,1-3H3,(H,23,24);12-13H,4-11H2,1-3H3,(H,24,25)(H,17,18,22);16H,5-14H2,1-4H3;7-8H,1-6H2,(H,12,13,17)(H2,18,19,20)(H2,21,22,23). The summed E-state index contributed by atoms with van der Waals surface area (Å²) < 4.78 is 143. The summed E-state index contributed by atoms with van der Waals surface area (Å²) in [6.45, 7) is 24.4. The van der Waals surface area contributed by atoms with Gasteiger partial charge in [0, 0.05) is 124 Å². The molecule has 614 valence electrons. The van der Waals surface area contributed by atoms with Crippen LogP contribution in [0, 0.1) is 0 Å². The number of hydrogen-bond acceptors (Lipinski definition) is 30. The van der Waals surface area contributed by atoms with Gasteiger partial charge < -0.3 is 109 Å². The maximum Gasteiger partial charge on any atom is 0.331 e. The molecule has 0 aliphatic heterocycles. The molecule has 0 saturated carbocycles. The zero-order chi connectivity index (χ0) is 80.1. The fourth-order valence-corrected chi connectivity index (χ4v) is 19.1. The van der Waals surface area contributed by atoms with E-state index in [1.807, 2.05) is 19.3 Å². The zero-order valence-corrected chi connectivity index (χ0v) is 70.2. The molecule has 0 saturated heterocycles. The van der Waals surface area contributed by atoms with Crippen molar-refractivity contribution in [2.45, 2.75) is 75.0 Å². The van der Waals surface area contributed by atoms with E-state index in [9.17, 15) is 61.0 Å². The number of hydrogen-bond donors (Lipinski definition) is 9. The summed E-state index contributed by atoms with van der Waals surface area (Å²) in [4.78, 5) is 120. The van der Waals surface area contributed by atoms with Gasteiger partial charge in [0.15, 0.2) is 40.5 Å². The third kappa shape index (κ3) is 38.8. The summed E-state index contributed by atoms with van der Waals surface area (Å²) in [5, 5.41) is 9.49. The Kier molecular flexibility index (Phi) is 44.5. The van der Waals surface area contributed by atoms with Crippen molar-refractivity contribution in [3.8, 4) is 0 Å². The largest absolute Gasteiger partial charge is 0.395 e. The minimum absolute atomic E-state index is 0.0229. The molecule has 3 atom stereocenters. The number of aromatic nitrogens is 12. The predicted molar refractivity (Wildman–Crippen MR) is 407 cm³/mol. The number of nitrogens with zero attached hydrogens (tertiary/aromatic N) is 14. The molecule has 0 fully saturated rings. The summed E-state index contributed by atoms with van der Waals surface area (Å²) in [5.41, 5.74) is 1.67. The van der Waals surface area contributed by atoms with Crippen LogP contribution in [-0.4, -0.2) is 313 Å². The number of rotatable bonds is 51.